The average Bonchev–Trinajstić information content (AvgIpc) is 1.97. The van der Waals surface area contributed by atoms with Gasteiger partial charge in [-0.15, -0.1) is 0 Å². The molecule has 13 heavy (non-hydrogen) atoms. The zero-order chi connectivity index (χ0) is 10.3. The molecule has 0 aromatic carbocycles. The molecule has 4 nitrogen and oxygen atoms in total. The van der Waals surface area contributed by atoms with Crippen molar-refractivity contribution < 1.29 is 16.8 Å². The first-order valence-corrected chi connectivity index (χ1v) is 7.20. The monoisotopic (exact) mass is 224 g/mol. The summed E-state index contributed by atoms with van der Waals surface area (Å²) in [6.07, 6.45) is 0.339. The Balaban J connectivity index is 3.32. The molecule has 1 atom stereocenters. The predicted octanol–water partition coefficient (Wildman–Crippen LogP) is 0.470. The average molecular weight is 224 g/mol. The quantitative estimate of drug-likeness (QED) is 0.649. The first-order chi connectivity index (χ1) is 5.79. The van der Waals surface area contributed by atoms with Crippen LogP contribution in [0.5, 0.6) is 0 Å². The second-order valence-electron chi connectivity index (χ2n) is 3.13. The third-order valence-corrected chi connectivity index (χ3v) is 6.56. The van der Waals surface area contributed by atoms with Crippen molar-refractivity contribution in [3.05, 3.63) is 10.3 Å². The topological polar surface area (TPSA) is 68.3 Å². The molecule has 1 aliphatic rings. The maximum absolute atomic E-state index is 11.4. The van der Waals surface area contributed by atoms with Gasteiger partial charge in [0.2, 0.25) is 0 Å². The summed E-state index contributed by atoms with van der Waals surface area (Å²) in [4.78, 5) is -0.0443. The van der Waals surface area contributed by atoms with Crippen LogP contribution in [0.25, 0.3) is 0 Å². The molecule has 0 radical (unpaired) electrons. The highest BCUT2D eigenvalue weighted by atomic mass is 32.2. The third-order valence-electron chi connectivity index (χ3n) is 2.15. The van der Waals surface area contributed by atoms with E-state index in [9.17, 15) is 16.8 Å². The molecule has 0 spiro atoms. The Labute approximate surface area is 78.5 Å². The van der Waals surface area contributed by atoms with Crippen molar-refractivity contribution in [2.45, 2.75) is 25.5 Å². The van der Waals surface area contributed by atoms with Crippen LogP contribution < -0.4 is 0 Å². The van der Waals surface area contributed by atoms with Gasteiger partial charge in [-0.1, -0.05) is 6.92 Å². The molecule has 6 heteroatoms. The van der Waals surface area contributed by atoms with E-state index in [4.69, 9.17) is 0 Å². The van der Waals surface area contributed by atoms with Crippen molar-refractivity contribution in [2.24, 2.45) is 0 Å². The summed E-state index contributed by atoms with van der Waals surface area (Å²) in [6.45, 7) is 2.99. The van der Waals surface area contributed by atoms with Crippen LogP contribution in [0.3, 0.4) is 0 Å². The van der Waals surface area contributed by atoms with E-state index in [-0.39, 0.29) is 10.7 Å². The summed E-state index contributed by atoms with van der Waals surface area (Å²) in [5.74, 6) is -0.270. The Hall–Kier alpha value is -0.360. The lowest BCUT2D eigenvalue weighted by Gasteiger charge is -2.19. The van der Waals surface area contributed by atoms with Crippen LogP contribution in [0.15, 0.2) is 10.3 Å². The smallest absolute Gasteiger partial charge is 0.176 e. The molecule has 0 fully saturated rings. The van der Waals surface area contributed by atoms with Crippen molar-refractivity contribution in [3.63, 3.8) is 0 Å². The molecule has 1 heterocycles. The molecule has 1 aliphatic heterocycles. The standard InChI is InChI=1S/C7H12O4S2/c1-3-7-5-12(8,9)6(2)4-13(7,10)11/h4,7H,3,5H2,1-2H3. The van der Waals surface area contributed by atoms with Gasteiger partial charge < -0.3 is 0 Å². The van der Waals surface area contributed by atoms with Gasteiger partial charge in [0.25, 0.3) is 0 Å². The van der Waals surface area contributed by atoms with Crippen molar-refractivity contribution in [1.82, 2.24) is 0 Å². The lowest BCUT2D eigenvalue weighted by Crippen LogP contribution is -2.32. The van der Waals surface area contributed by atoms with E-state index in [1.165, 1.54) is 6.92 Å². The van der Waals surface area contributed by atoms with Crippen molar-refractivity contribution >= 4 is 19.7 Å². The molecular formula is C7H12O4S2. The predicted molar refractivity (Wildman–Crippen MR) is 50.5 cm³/mol. The molecule has 0 aliphatic carbocycles. The van der Waals surface area contributed by atoms with E-state index < -0.39 is 24.9 Å². The largest absolute Gasteiger partial charge is 0.224 e. The Kier molecular flexibility index (Phi) is 2.55. The van der Waals surface area contributed by atoms with Crippen LogP contribution in [0.2, 0.25) is 0 Å². The van der Waals surface area contributed by atoms with Gasteiger partial charge in [0.15, 0.2) is 19.7 Å². The van der Waals surface area contributed by atoms with E-state index in [0.717, 1.165) is 5.41 Å². The van der Waals surface area contributed by atoms with E-state index in [1.807, 2.05) is 0 Å². The van der Waals surface area contributed by atoms with E-state index in [2.05, 4.69) is 0 Å². The van der Waals surface area contributed by atoms with Gasteiger partial charge in [-0.3, -0.25) is 0 Å². The van der Waals surface area contributed by atoms with Crippen molar-refractivity contribution in [3.8, 4) is 0 Å². The molecule has 76 valence electrons. The Bertz CT molecular complexity index is 427. The molecule has 0 N–H and O–H groups in total. The highest BCUT2D eigenvalue weighted by Crippen LogP contribution is 2.23. The third kappa shape index (κ3) is 1.94. The Morgan fingerprint density at radius 2 is 1.92 bits per heavy atom. The number of rotatable bonds is 1. The normalized spacial score (nSPS) is 30.9. The van der Waals surface area contributed by atoms with Gasteiger partial charge in [-0.25, -0.2) is 16.8 Å². The molecule has 0 amide bonds. The molecule has 0 saturated carbocycles. The molecule has 1 unspecified atom stereocenters. The second kappa shape index (κ2) is 3.09. The maximum atomic E-state index is 11.4. The van der Waals surface area contributed by atoms with Crippen LogP contribution in [-0.4, -0.2) is 27.8 Å². The number of allylic oxidation sites excluding steroid dienone is 1. The summed E-state index contributed by atoms with van der Waals surface area (Å²) < 4.78 is 45.4. The van der Waals surface area contributed by atoms with Crippen LogP contribution >= 0.6 is 0 Å². The highest BCUT2D eigenvalue weighted by molar-refractivity contribution is 8.02. The summed E-state index contributed by atoms with van der Waals surface area (Å²) in [5, 5.41) is 0.112. The molecule has 0 aromatic rings. The second-order valence-corrected chi connectivity index (χ2v) is 7.42. The van der Waals surface area contributed by atoms with Crippen LogP contribution in [0.1, 0.15) is 20.3 Å². The summed E-state index contributed by atoms with van der Waals surface area (Å²) >= 11 is 0. The van der Waals surface area contributed by atoms with Gasteiger partial charge in [-0.05, 0) is 13.3 Å². The lowest BCUT2D eigenvalue weighted by atomic mass is 10.4. The lowest BCUT2D eigenvalue weighted by molar-refractivity contribution is 0.575. The first-order valence-electron chi connectivity index (χ1n) is 3.94. The van der Waals surface area contributed by atoms with E-state index in [0.29, 0.717) is 6.42 Å². The van der Waals surface area contributed by atoms with Crippen molar-refractivity contribution in [2.75, 3.05) is 5.75 Å². The van der Waals surface area contributed by atoms with Gasteiger partial charge >= 0.3 is 0 Å². The van der Waals surface area contributed by atoms with Gasteiger partial charge in [-0.2, -0.15) is 0 Å². The SMILES string of the molecule is CCC1CS(=O)(=O)C(C)=CS1(=O)=O. The molecule has 0 saturated heterocycles. The minimum atomic E-state index is -3.34. The minimum absolute atomic E-state index is 0.0443. The van der Waals surface area contributed by atoms with Crippen LogP contribution in [0, 0.1) is 0 Å². The summed E-state index contributed by atoms with van der Waals surface area (Å²) in [5.41, 5.74) is 0. The van der Waals surface area contributed by atoms with Crippen LogP contribution in [0.4, 0.5) is 0 Å². The van der Waals surface area contributed by atoms with Crippen molar-refractivity contribution in [1.29, 1.82) is 0 Å². The van der Waals surface area contributed by atoms with Gasteiger partial charge in [0.1, 0.15) is 0 Å². The summed E-state index contributed by atoms with van der Waals surface area (Å²) in [7, 11) is -6.65. The molecule has 0 aromatic heterocycles. The van der Waals surface area contributed by atoms with Gasteiger partial charge in [0, 0.05) is 5.41 Å². The fraction of sp³-hybridized carbons (Fsp3) is 0.714. The zero-order valence-electron chi connectivity index (χ0n) is 7.52. The Morgan fingerprint density at radius 1 is 1.38 bits per heavy atom. The number of hydrogen-bond acceptors (Lipinski definition) is 4. The summed E-state index contributed by atoms with van der Waals surface area (Å²) in [6, 6.07) is 0. The molecule has 1 rings (SSSR count). The zero-order valence-corrected chi connectivity index (χ0v) is 9.15. The maximum Gasteiger partial charge on any atom is 0.176 e. The van der Waals surface area contributed by atoms with Crippen LogP contribution in [-0.2, 0) is 19.7 Å². The van der Waals surface area contributed by atoms with E-state index >= 15 is 0 Å². The van der Waals surface area contributed by atoms with Gasteiger partial charge in [0.05, 0.1) is 15.9 Å². The molecule has 0 bridgehead atoms. The van der Waals surface area contributed by atoms with E-state index in [1.54, 1.807) is 6.92 Å². The number of hydrogen-bond donors (Lipinski definition) is 0. The fourth-order valence-electron chi connectivity index (χ4n) is 1.22. The highest BCUT2D eigenvalue weighted by Gasteiger charge is 2.34. The fourth-order valence-corrected chi connectivity index (χ4v) is 5.61. The minimum Gasteiger partial charge on any atom is -0.224 e. The molecular weight excluding hydrogens is 212 g/mol. The number of sulfone groups is 2. The first kappa shape index (κ1) is 10.7. The Morgan fingerprint density at radius 3 is 2.38 bits per heavy atom.